The summed E-state index contributed by atoms with van der Waals surface area (Å²) in [6, 6.07) is 6.88. The van der Waals surface area contributed by atoms with Gasteiger partial charge in [-0.15, -0.1) is 11.3 Å². The van der Waals surface area contributed by atoms with E-state index in [2.05, 4.69) is 20.9 Å². The smallest absolute Gasteiger partial charge is 0.272 e. The van der Waals surface area contributed by atoms with Crippen molar-refractivity contribution < 1.29 is 18.8 Å². The molecule has 0 atom stereocenters. The first kappa shape index (κ1) is 26.0. The van der Waals surface area contributed by atoms with E-state index in [1.165, 1.54) is 11.3 Å². The molecule has 0 aromatic carbocycles. The zero-order valence-electron chi connectivity index (χ0n) is 21.2. The van der Waals surface area contributed by atoms with Gasteiger partial charge in [-0.3, -0.25) is 14.4 Å². The average molecular weight is 523 g/mol. The molecule has 3 amide bonds. The van der Waals surface area contributed by atoms with Crippen LogP contribution >= 0.6 is 11.3 Å². The van der Waals surface area contributed by atoms with Gasteiger partial charge in [0.15, 0.2) is 0 Å². The van der Waals surface area contributed by atoms with E-state index in [1.807, 2.05) is 25.5 Å². The third-order valence-corrected chi connectivity index (χ3v) is 6.67. The van der Waals surface area contributed by atoms with Crippen molar-refractivity contribution in [2.45, 2.75) is 6.42 Å². The van der Waals surface area contributed by atoms with E-state index in [0.717, 1.165) is 24.1 Å². The monoisotopic (exact) mass is 522 g/mol. The van der Waals surface area contributed by atoms with Crippen LogP contribution in [-0.2, 0) is 14.1 Å². The Bertz CT molecular complexity index is 1400. The topological polar surface area (TPSA) is 114 Å². The molecule has 0 radical (unpaired) electrons. The summed E-state index contributed by atoms with van der Waals surface area (Å²) in [6.07, 6.45) is 7.42. The van der Waals surface area contributed by atoms with Gasteiger partial charge in [0, 0.05) is 38.6 Å². The Morgan fingerprint density at radius 1 is 0.919 bits per heavy atom. The van der Waals surface area contributed by atoms with Crippen LogP contribution in [0, 0.1) is 0 Å². The van der Waals surface area contributed by atoms with Gasteiger partial charge in [0.05, 0.1) is 28.8 Å². The first-order valence-corrected chi connectivity index (χ1v) is 12.6. The highest BCUT2D eigenvalue weighted by atomic mass is 32.1. The fourth-order valence-corrected chi connectivity index (χ4v) is 4.64. The number of rotatable bonds is 10. The molecule has 0 aliphatic heterocycles. The standard InChI is InChI=1S/C26H30N6O4S/c1-30(2)8-5-7-27-24(33)21-11-19(13-31(21)3)28-25(34)22-12-20(14-32(22)4)29-26(35)23-10-18(16-37-23)17-6-9-36-15-17/h6,9-16H,5,7-8H2,1-4H3,(H,27,33)(H,28,34)(H,29,35). The van der Waals surface area contributed by atoms with Crippen LogP contribution in [0.2, 0.25) is 0 Å². The molecule has 0 aliphatic rings. The highest BCUT2D eigenvalue weighted by molar-refractivity contribution is 7.12. The summed E-state index contributed by atoms with van der Waals surface area (Å²) in [5.74, 6) is -0.818. The van der Waals surface area contributed by atoms with Crippen molar-refractivity contribution in [3.8, 4) is 11.1 Å². The van der Waals surface area contributed by atoms with E-state index < -0.39 is 0 Å². The summed E-state index contributed by atoms with van der Waals surface area (Å²) in [5.41, 5.74) is 3.62. The van der Waals surface area contributed by atoms with Crippen molar-refractivity contribution >= 4 is 40.4 Å². The second-order valence-corrected chi connectivity index (χ2v) is 9.89. The third-order valence-electron chi connectivity index (χ3n) is 5.74. The van der Waals surface area contributed by atoms with E-state index in [4.69, 9.17) is 4.42 Å². The lowest BCUT2D eigenvalue weighted by atomic mass is 10.2. The molecule has 4 rings (SSSR count). The average Bonchev–Trinajstić information content (AvgIpc) is 3.63. The predicted molar refractivity (Wildman–Crippen MR) is 144 cm³/mol. The van der Waals surface area contributed by atoms with Gasteiger partial charge in [0.25, 0.3) is 17.7 Å². The lowest BCUT2D eigenvalue weighted by Crippen LogP contribution is -2.28. The highest BCUT2D eigenvalue weighted by Gasteiger charge is 2.18. The van der Waals surface area contributed by atoms with Gasteiger partial charge in [-0.2, -0.15) is 0 Å². The molecular formula is C26H30N6O4S. The van der Waals surface area contributed by atoms with E-state index in [1.54, 1.807) is 66.3 Å². The second kappa shape index (κ2) is 11.3. The molecule has 194 valence electrons. The molecule has 0 fully saturated rings. The molecule has 0 aliphatic carbocycles. The van der Waals surface area contributed by atoms with E-state index in [9.17, 15) is 14.4 Å². The number of aromatic nitrogens is 2. The van der Waals surface area contributed by atoms with Crippen molar-refractivity contribution in [1.82, 2.24) is 19.4 Å². The Hall–Kier alpha value is -4.09. The van der Waals surface area contributed by atoms with Gasteiger partial charge in [0.2, 0.25) is 0 Å². The van der Waals surface area contributed by atoms with Crippen molar-refractivity contribution in [3.05, 3.63) is 70.8 Å². The fraction of sp³-hybridized carbons (Fsp3) is 0.269. The number of anilines is 2. The normalized spacial score (nSPS) is 11.1. The third kappa shape index (κ3) is 6.38. The zero-order chi connectivity index (χ0) is 26.5. The van der Waals surface area contributed by atoms with Crippen molar-refractivity contribution in [1.29, 1.82) is 0 Å². The van der Waals surface area contributed by atoms with E-state index in [-0.39, 0.29) is 17.7 Å². The Labute approximate surface area is 218 Å². The number of furan rings is 1. The number of carbonyl (C=O) groups is 3. The molecule has 0 saturated carbocycles. The molecule has 0 unspecified atom stereocenters. The van der Waals surface area contributed by atoms with Gasteiger partial charge in [-0.05, 0) is 62.3 Å². The Balaban J connectivity index is 1.36. The van der Waals surface area contributed by atoms with E-state index in [0.29, 0.717) is 34.2 Å². The second-order valence-electron chi connectivity index (χ2n) is 8.98. The van der Waals surface area contributed by atoms with Crippen LogP contribution in [0.15, 0.2) is 59.0 Å². The van der Waals surface area contributed by atoms with Gasteiger partial charge < -0.3 is 34.4 Å². The Morgan fingerprint density at radius 2 is 1.57 bits per heavy atom. The summed E-state index contributed by atoms with van der Waals surface area (Å²) in [4.78, 5) is 40.8. The number of thiophene rings is 1. The maximum atomic E-state index is 12.9. The fourth-order valence-electron chi connectivity index (χ4n) is 3.83. The van der Waals surface area contributed by atoms with Crippen LogP contribution in [0.3, 0.4) is 0 Å². The SMILES string of the molecule is CN(C)CCCNC(=O)c1cc(NC(=O)c2cc(NC(=O)c3cc(-c4ccoc4)cs3)cn2C)cn1C. The Morgan fingerprint density at radius 3 is 2.19 bits per heavy atom. The van der Waals surface area contributed by atoms with Gasteiger partial charge >= 0.3 is 0 Å². The number of amides is 3. The van der Waals surface area contributed by atoms with Crippen molar-refractivity contribution in [2.75, 3.05) is 37.8 Å². The lowest BCUT2D eigenvalue weighted by molar-refractivity contribution is 0.0942. The number of hydrogen-bond donors (Lipinski definition) is 3. The van der Waals surface area contributed by atoms with Crippen LogP contribution in [0.5, 0.6) is 0 Å². The largest absolute Gasteiger partial charge is 0.472 e. The molecule has 3 N–H and O–H groups in total. The number of aryl methyl sites for hydroxylation is 2. The summed E-state index contributed by atoms with van der Waals surface area (Å²) in [7, 11) is 7.45. The zero-order valence-corrected chi connectivity index (χ0v) is 22.0. The van der Waals surface area contributed by atoms with Crippen molar-refractivity contribution in [2.24, 2.45) is 14.1 Å². The number of nitrogens with one attached hydrogen (secondary N) is 3. The summed E-state index contributed by atoms with van der Waals surface area (Å²) in [6.45, 7) is 1.45. The molecule has 37 heavy (non-hydrogen) atoms. The first-order valence-electron chi connectivity index (χ1n) is 11.7. The number of hydrogen-bond acceptors (Lipinski definition) is 6. The summed E-state index contributed by atoms with van der Waals surface area (Å²) >= 11 is 1.33. The first-order chi connectivity index (χ1) is 17.7. The van der Waals surface area contributed by atoms with Gasteiger partial charge in [0.1, 0.15) is 11.4 Å². The maximum absolute atomic E-state index is 12.9. The molecule has 4 aromatic rings. The molecular weight excluding hydrogens is 492 g/mol. The molecule has 0 spiro atoms. The van der Waals surface area contributed by atoms with Crippen LogP contribution in [0.4, 0.5) is 11.4 Å². The minimum Gasteiger partial charge on any atom is -0.472 e. The molecule has 10 nitrogen and oxygen atoms in total. The van der Waals surface area contributed by atoms with Crippen molar-refractivity contribution in [3.63, 3.8) is 0 Å². The molecule has 0 bridgehead atoms. The predicted octanol–water partition coefficient (Wildman–Crippen LogP) is 3.87. The molecule has 4 aromatic heterocycles. The minimum atomic E-state index is -0.357. The lowest BCUT2D eigenvalue weighted by Gasteiger charge is -2.10. The molecule has 11 heteroatoms. The van der Waals surface area contributed by atoms with Gasteiger partial charge in [-0.25, -0.2) is 0 Å². The number of nitrogens with zero attached hydrogens (tertiary/aromatic N) is 3. The molecule has 4 heterocycles. The minimum absolute atomic E-state index is 0.199. The highest BCUT2D eigenvalue weighted by Crippen LogP contribution is 2.27. The van der Waals surface area contributed by atoms with Crippen LogP contribution < -0.4 is 16.0 Å². The van der Waals surface area contributed by atoms with Crippen LogP contribution in [0.25, 0.3) is 11.1 Å². The van der Waals surface area contributed by atoms with E-state index >= 15 is 0 Å². The molecule has 0 saturated heterocycles. The van der Waals surface area contributed by atoms with Crippen LogP contribution in [0.1, 0.15) is 37.1 Å². The quantitative estimate of drug-likeness (QED) is 0.274. The summed E-state index contributed by atoms with van der Waals surface area (Å²) in [5, 5.41) is 10.5. The Kier molecular flexibility index (Phi) is 7.95. The number of carbonyl (C=O) groups excluding carboxylic acids is 3. The van der Waals surface area contributed by atoms with Gasteiger partial charge in [-0.1, -0.05) is 0 Å². The maximum Gasteiger partial charge on any atom is 0.272 e. The van der Waals surface area contributed by atoms with Crippen LogP contribution in [-0.4, -0.2) is 58.9 Å². The summed E-state index contributed by atoms with van der Waals surface area (Å²) < 4.78 is 8.41.